The molecule has 5 N–H and O–H groups in total. The molecule has 4 rings (SSSR count). The van der Waals surface area contributed by atoms with E-state index in [1.54, 1.807) is 0 Å². The van der Waals surface area contributed by atoms with Crippen LogP contribution in [-0.2, 0) is 6.42 Å². The van der Waals surface area contributed by atoms with Crippen LogP contribution in [0.2, 0.25) is 0 Å². The van der Waals surface area contributed by atoms with Crippen molar-refractivity contribution in [3.63, 3.8) is 0 Å². The Morgan fingerprint density at radius 3 is 3.00 bits per heavy atom. The molecule has 1 aliphatic heterocycles. The van der Waals surface area contributed by atoms with Gasteiger partial charge in [-0.25, -0.2) is 0 Å². The van der Waals surface area contributed by atoms with Crippen molar-refractivity contribution in [3.8, 4) is 0 Å². The number of fused-ring (bicyclic) bond motifs is 2. The molecule has 126 valence electrons. The van der Waals surface area contributed by atoms with Gasteiger partial charge < -0.3 is 16.8 Å². The van der Waals surface area contributed by atoms with Gasteiger partial charge in [0.25, 0.3) is 5.91 Å². The van der Waals surface area contributed by atoms with Gasteiger partial charge >= 0.3 is 0 Å². The molecular weight excluding hydrogens is 302 g/mol. The van der Waals surface area contributed by atoms with Crippen LogP contribution in [0.3, 0.4) is 0 Å². The fraction of sp³-hybridized carbons (Fsp3) is 0.444. The van der Waals surface area contributed by atoms with Crippen LogP contribution in [0.25, 0.3) is 0 Å². The summed E-state index contributed by atoms with van der Waals surface area (Å²) in [5.74, 6) is 0.151. The van der Waals surface area contributed by atoms with Crippen LogP contribution in [0, 0.1) is 6.92 Å². The quantitative estimate of drug-likeness (QED) is 0.747. The number of para-hydroxylation sites is 1. The number of nitrogens with zero attached hydrogens (tertiary/aromatic N) is 2. The third-order valence-corrected chi connectivity index (χ3v) is 5.26. The zero-order valence-corrected chi connectivity index (χ0v) is 13.9. The van der Waals surface area contributed by atoms with E-state index in [9.17, 15) is 4.79 Å². The second-order valence-electron chi connectivity index (χ2n) is 6.80. The van der Waals surface area contributed by atoms with E-state index in [0.717, 1.165) is 60.3 Å². The van der Waals surface area contributed by atoms with Crippen LogP contribution < -0.4 is 16.8 Å². The SMILES string of the molecule is Cc1cccc2c1NCCC2C(=O)n1nc2c(c1N)[C@H](N)CCC2. The van der Waals surface area contributed by atoms with Crippen molar-refractivity contribution in [2.24, 2.45) is 5.73 Å². The molecule has 0 saturated carbocycles. The van der Waals surface area contributed by atoms with Gasteiger partial charge in [-0.15, -0.1) is 0 Å². The largest absolute Gasteiger partial charge is 0.385 e. The van der Waals surface area contributed by atoms with Gasteiger partial charge in [-0.05, 0) is 43.7 Å². The van der Waals surface area contributed by atoms with Crippen LogP contribution in [0.4, 0.5) is 11.5 Å². The van der Waals surface area contributed by atoms with Crippen molar-refractivity contribution in [2.75, 3.05) is 17.6 Å². The zero-order valence-electron chi connectivity index (χ0n) is 13.9. The molecule has 0 fully saturated rings. The molecule has 2 atom stereocenters. The fourth-order valence-electron chi connectivity index (χ4n) is 4.00. The predicted molar refractivity (Wildman–Crippen MR) is 94.2 cm³/mol. The second kappa shape index (κ2) is 5.63. The first-order valence-corrected chi connectivity index (χ1v) is 8.58. The molecule has 2 aliphatic rings. The number of nitrogen functional groups attached to an aromatic ring is 1. The molecule has 0 spiro atoms. The first-order chi connectivity index (χ1) is 11.6. The minimum atomic E-state index is -0.221. The summed E-state index contributed by atoms with van der Waals surface area (Å²) in [5, 5.41) is 7.92. The topological polar surface area (TPSA) is 99.0 Å². The van der Waals surface area contributed by atoms with Gasteiger partial charge in [0, 0.05) is 23.8 Å². The number of hydrogen-bond acceptors (Lipinski definition) is 5. The Balaban J connectivity index is 1.75. The zero-order chi connectivity index (χ0) is 16.8. The normalized spacial score (nSPS) is 22.4. The van der Waals surface area contributed by atoms with E-state index in [1.807, 2.05) is 12.1 Å². The molecule has 2 heterocycles. The van der Waals surface area contributed by atoms with Crippen molar-refractivity contribution >= 4 is 17.4 Å². The second-order valence-corrected chi connectivity index (χ2v) is 6.80. The lowest BCUT2D eigenvalue weighted by Crippen LogP contribution is -2.29. The van der Waals surface area contributed by atoms with Crippen molar-refractivity contribution in [2.45, 2.75) is 44.6 Å². The highest BCUT2D eigenvalue weighted by Crippen LogP contribution is 2.37. The fourth-order valence-corrected chi connectivity index (χ4v) is 4.00. The smallest absolute Gasteiger partial charge is 0.256 e. The lowest BCUT2D eigenvalue weighted by atomic mass is 9.88. The van der Waals surface area contributed by atoms with Gasteiger partial charge in [0.15, 0.2) is 0 Å². The lowest BCUT2D eigenvalue weighted by molar-refractivity contribution is 0.0859. The Morgan fingerprint density at radius 2 is 2.21 bits per heavy atom. The summed E-state index contributed by atoms with van der Waals surface area (Å²) < 4.78 is 1.40. The average Bonchev–Trinajstić information content (AvgIpc) is 2.92. The van der Waals surface area contributed by atoms with Crippen molar-refractivity contribution in [3.05, 3.63) is 40.6 Å². The summed E-state index contributed by atoms with van der Waals surface area (Å²) in [5.41, 5.74) is 17.4. The summed E-state index contributed by atoms with van der Waals surface area (Å²) in [6.45, 7) is 2.83. The van der Waals surface area contributed by atoms with Gasteiger partial charge in [-0.3, -0.25) is 4.79 Å². The summed E-state index contributed by atoms with van der Waals surface area (Å²) in [7, 11) is 0. The number of hydrogen-bond donors (Lipinski definition) is 3. The highest BCUT2D eigenvalue weighted by molar-refractivity contribution is 5.90. The molecule has 1 aromatic heterocycles. The molecule has 1 aromatic carbocycles. The average molecular weight is 325 g/mol. The van der Waals surface area contributed by atoms with Crippen molar-refractivity contribution in [1.29, 1.82) is 0 Å². The Morgan fingerprint density at radius 1 is 1.38 bits per heavy atom. The molecule has 0 bridgehead atoms. The molecule has 0 saturated heterocycles. The third kappa shape index (κ3) is 2.21. The highest BCUT2D eigenvalue weighted by Gasteiger charge is 2.33. The van der Waals surface area contributed by atoms with Crippen LogP contribution in [0.1, 0.15) is 58.4 Å². The first-order valence-electron chi connectivity index (χ1n) is 8.58. The number of nitrogens with two attached hydrogens (primary N) is 2. The lowest BCUT2D eigenvalue weighted by Gasteiger charge is -2.27. The molecule has 1 unspecified atom stereocenters. The van der Waals surface area contributed by atoms with Crippen LogP contribution in [-0.4, -0.2) is 22.2 Å². The maximum Gasteiger partial charge on any atom is 0.256 e. The number of rotatable bonds is 1. The number of aryl methyl sites for hydroxylation is 2. The molecule has 0 radical (unpaired) electrons. The van der Waals surface area contributed by atoms with Gasteiger partial charge in [-0.1, -0.05) is 18.2 Å². The van der Waals surface area contributed by atoms with E-state index in [-0.39, 0.29) is 17.9 Å². The Bertz CT molecular complexity index is 810. The maximum atomic E-state index is 13.2. The molecule has 2 aromatic rings. The van der Waals surface area contributed by atoms with Gasteiger partial charge in [0.1, 0.15) is 5.82 Å². The number of aromatic nitrogens is 2. The van der Waals surface area contributed by atoms with E-state index in [4.69, 9.17) is 11.5 Å². The molecule has 24 heavy (non-hydrogen) atoms. The predicted octanol–water partition coefficient (Wildman–Crippen LogP) is 2.35. The maximum absolute atomic E-state index is 13.2. The molecule has 6 heteroatoms. The van der Waals surface area contributed by atoms with E-state index in [2.05, 4.69) is 23.4 Å². The van der Waals surface area contributed by atoms with Gasteiger partial charge in [0.05, 0.1) is 11.6 Å². The first kappa shape index (κ1) is 15.2. The van der Waals surface area contributed by atoms with Gasteiger partial charge in [-0.2, -0.15) is 9.78 Å². The van der Waals surface area contributed by atoms with Crippen LogP contribution >= 0.6 is 0 Å². The number of carbonyl (C=O) groups is 1. The van der Waals surface area contributed by atoms with E-state index in [1.165, 1.54) is 4.68 Å². The minimum Gasteiger partial charge on any atom is -0.385 e. The Labute approximate surface area is 141 Å². The number of carbonyl (C=O) groups excluding carboxylic acids is 1. The third-order valence-electron chi connectivity index (χ3n) is 5.26. The van der Waals surface area contributed by atoms with Crippen LogP contribution in [0.15, 0.2) is 18.2 Å². The minimum absolute atomic E-state index is 0.0533. The molecule has 1 aliphatic carbocycles. The van der Waals surface area contributed by atoms with E-state index >= 15 is 0 Å². The number of nitrogens with one attached hydrogen (secondary N) is 1. The van der Waals surface area contributed by atoms with E-state index in [0.29, 0.717) is 5.82 Å². The highest BCUT2D eigenvalue weighted by atomic mass is 16.2. The Kier molecular flexibility index (Phi) is 3.57. The molecular formula is C18H23N5O. The van der Waals surface area contributed by atoms with Crippen molar-refractivity contribution < 1.29 is 4.79 Å². The number of anilines is 2. The summed E-state index contributed by atoms with van der Waals surface area (Å²) in [6, 6.07) is 5.95. The standard InChI is InChI=1S/C18H23N5O/c1-10-4-2-5-11-12(8-9-21-16(10)11)18(24)23-17(20)15-13(19)6-3-7-14(15)22-23/h2,4-5,12-13,21H,3,6-9,19-20H2,1H3/t12?,13-/m1/s1. The van der Waals surface area contributed by atoms with E-state index < -0.39 is 0 Å². The number of benzene rings is 1. The summed E-state index contributed by atoms with van der Waals surface area (Å²) in [4.78, 5) is 13.2. The van der Waals surface area contributed by atoms with Gasteiger partial charge in [0.2, 0.25) is 0 Å². The molecule has 0 amide bonds. The summed E-state index contributed by atoms with van der Waals surface area (Å²) >= 11 is 0. The molecule has 6 nitrogen and oxygen atoms in total. The Hall–Kier alpha value is -2.34. The monoisotopic (exact) mass is 325 g/mol. The summed E-state index contributed by atoms with van der Waals surface area (Å²) in [6.07, 6.45) is 3.47. The van der Waals surface area contributed by atoms with Crippen molar-refractivity contribution in [1.82, 2.24) is 9.78 Å². The van der Waals surface area contributed by atoms with Crippen LogP contribution in [0.5, 0.6) is 0 Å².